The van der Waals surface area contributed by atoms with Crippen LogP contribution >= 0.6 is 0 Å². The van der Waals surface area contributed by atoms with Crippen LogP contribution < -0.4 is 10.2 Å². The number of aromatic nitrogens is 3. The van der Waals surface area contributed by atoms with Crippen molar-refractivity contribution in [2.24, 2.45) is 7.05 Å². The minimum Gasteiger partial charge on any atom is -0.371 e. The Morgan fingerprint density at radius 1 is 1.18 bits per heavy atom. The number of nitrogens with one attached hydrogen (secondary N) is 1. The minimum atomic E-state index is 0.239. The molecule has 118 valence electrons. The van der Waals surface area contributed by atoms with Crippen molar-refractivity contribution in [3.63, 3.8) is 0 Å². The van der Waals surface area contributed by atoms with E-state index >= 15 is 0 Å². The van der Waals surface area contributed by atoms with Crippen molar-refractivity contribution < 1.29 is 0 Å². The molecule has 22 heavy (non-hydrogen) atoms. The predicted octanol–water partition coefficient (Wildman–Crippen LogP) is 2.44. The number of anilines is 1. The molecule has 3 rings (SSSR count). The molecule has 0 radical (unpaired) electrons. The molecule has 1 fully saturated rings. The Hall–Kier alpha value is -1.88. The largest absolute Gasteiger partial charge is 0.371 e. The first kappa shape index (κ1) is 15.0. The highest BCUT2D eigenvalue weighted by Gasteiger charge is 2.22. The SMILES string of the molecule is Cc1ccc(N2CCC(N[C@H](C)c3ncnn3C)CC2)cc1. The standard InChI is InChI=1S/C17H25N5/c1-13-4-6-16(7-5-13)22-10-8-15(9-11-22)20-14(2)17-18-12-19-21(17)3/h4-7,12,14-15,20H,8-11H2,1-3H3/t14-/m1/s1. The van der Waals surface area contributed by atoms with Gasteiger partial charge in [-0.25, -0.2) is 4.98 Å². The summed E-state index contributed by atoms with van der Waals surface area (Å²) in [4.78, 5) is 6.81. The van der Waals surface area contributed by atoms with Gasteiger partial charge in [-0.05, 0) is 38.8 Å². The number of hydrogen-bond donors (Lipinski definition) is 1. The van der Waals surface area contributed by atoms with E-state index in [1.807, 2.05) is 11.7 Å². The molecule has 0 aliphatic carbocycles. The van der Waals surface area contributed by atoms with E-state index in [-0.39, 0.29) is 6.04 Å². The summed E-state index contributed by atoms with van der Waals surface area (Å²) in [7, 11) is 1.94. The van der Waals surface area contributed by atoms with E-state index in [0.29, 0.717) is 6.04 Å². The van der Waals surface area contributed by atoms with Gasteiger partial charge in [-0.15, -0.1) is 0 Å². The summed E-state index contributed by atoms with van der Waals surface area (Å²) in [6, 6.07) is 9.62. The third kappa shape index (κ3) is 3.30. The van der Waals surface area contributed by atoms with Crippen LogP contribution in [0.15, 0.2) is 30.6 Å². The summed E-state index contributed by atoms with van der Waals surface area (Å²) in [5.74, 6) is 1.00. The van der Waals surface area contributed by atoms with E-state index in [9.17, 15) is 0 Å². The van der Waals surface area contributed by atoms with Crippen LogP contribution in [0.3, 0.4) is 0 Å². The van der Waals surface area contributed by atoms with Crippen LogP contribution in [-0.4, -0.2) is 33.9 Å². The Bertz CT molecular complexity index is 596. The lowest BCUT2D eigenvalue weighted by Gasteiger charge is -2.35. The van der Waals surface area contributed by atoms with Gasteiger partial charge < -0.3 is 10.2 Å². The molecule has 1 atom stereocenters. The fraction of sp³-hybridized carbons (Fsp3) is 0.529. The van der Waals surface area contributed by atoms with Gasteiger partial charge >= 0.3 is 0 Å². The van der Waals surface area contributed by atoms with Gasteiger partial charge in [0, 0.05) is 31.9 Å². The third-order valence-electron chi connectivity index (χ3n) is 4.51. The van der Waals surface area contributed by atoms with E-state index in [4.69, 9.17) is 0 Å². The minimum absolute atomic E-state index is 0.239. The molecule has 0 saturated carbocycles. The number of nitrogens with zero attached hydrogens (tertiary/aromatic N) is 4. The van der Waals surface area contributed by atoms with Gasteiger partial charge in [-0.2, -0.15) is 5.10 Å². The summed E-state index contributed by atoms with van der Waals surface area (Å²) in [6.07, 6.45) is 3.94. The molecule has 1 aromatic heterocycles. The second-order valence-corrected chi connectivity index (χ2v) is 6.23. The maximum Gasteiger partial charge on any atom is 0.143 e. The molecule has 1 N–H and O–H groups in total. The predicted molar refractivity (Wildman–Crippen MR) is 89.0 cm³/mol. The van der Waals surface area contributed by atoms with Crippen LogP contribution in [0, 0.1) is 6.92 Å². The number of hydrogen-bond acceptors (Lipinski definition) is 4. The van der Waals surface area contributed by atoms with Crippen molar-refractivity contribution in [2.75, 3.05) is 18.0 Å². The molecular formula is C17H25N5. The van der Waals surface area contributed by atoms with E-state index in [2.05, 4.69) is 58.4 Å². The van der Waals surface area contributed by atoms with Crippen LogP contribution in [0.5, 0.6) is 0 Å². The van der Waals surface area contributed by atoms with Gasteiger partial charge in [0.25, 0.3) is 0 Å². The number of rotatable bonds is 4. The molecule has 0 spiro atoms. The van der Waals surface area contributed by atoms with Crippen molar-refractivity contribution >= 4 is 5.69 Å². The zero-order valence-corrected chi connectivity index (χ0v) is 13.7. The summed E-state index contributed by atoms with van der Waals surface area (Å²) in [5.41, 5.74) is 2.66. The van der Waals surface area contributed by atoms with E-state index < -0.39 is 0 Å². The van der Waals surface area contributed by atoms with Crippen LogP contribution in [0.1, 0.15) is 37.2 Å². The molecule has 5 heteroatoms. The van der Waals surface area contributed by atoms with Gasteiger partial charge in [0.1, 0.15) is 12.2 Å². The molecule has 1 aliphatic rings. The normalized spacial score (nSPS) is 17.7. The maximum atomic E-state index is 4.33. The second-order valence-electron chi connectivity index (χ2n) is 6.23. The zero-order chi connectivity index (χ0) is 15.5. The van der Waals surface area contributed by atoms with Crippen molar-refractivity contribution in [1.29, 1.82) is 0 Å². The second kappa shape index (κ2) is 6.48. The molecule has 1 aromatic carbocycles. The Morgan fingerprint density at radius 2 is 1.86 bits per heavy atom. The molecule has 1 saturated heterocycles. The van der Waals surface area contributed by atoms with Crippen molar-refractivity contribution in [3.8, 4) is 0 Å². The first-order valence-corrected chi connectivity index (χ1v) is 8.05. The van der Waals surface area contributed by atoms with Crippen LogP contribution in [0.25, 0.3) is 0 Å². The Morgan fingerprint density at radius 3 is 2.45 bits per heavy atom. The van der Waals surface area contributed by atoms with E-state index in [1.165, 1.54) is 11.3 Å². The molecule has 1 aliphatic heterocycles. The zero-order valence-electron chi connectivity index (χ0n) is 13.7. The Balaban J connectivity index is 1.53. The quantitative estimate of drug-likeness (QED) is 0.942. The number of benzene rings is 1. The van der Waals surface area contributed by atoms with Crippen molar-refractivity contribution in [3.05, 3.63) is 42.0 Å². The first-order chi connectivity index (χ1) is 10.6. The summed E-state index contributed by atoms with van der Waals surface area (Å²) < 4.78 is 1.85. The topological polar surface area (TPSA) is 46.0 Å². The van der Waals surface area contributed by atoms with Gasteiger partial charge in [0.15, 0.2) is 0 Å². The highest BCUT2D eigenvalue weighted by atomic mass is 15.3. The maximum absolute atomic E-state index is 4.33. The Kier molecular flexibility index (Phi) is 4.43. The molecule has 0 amide bonds. The van der Waals surface area contributed by atoms with Crippen molar-refractivity contribution in [2.45, 2.75) is 38.8 Å². The van der Waals surface area contributed by atoms with Gasteiger partial charge in [0.05, 0.1) is 6.04 Å². The highest BCUT2D eigenvalue weighted by Crippen LogP contribution is 2.21. The van der Waals surface area contributed by atoms with E-state index in [1.54, 1.807) is 6.33 Å². The summed E-state index contributed by atoms with van der Waals surface area (Å²) in [5, 5.41) is 7.84. The van der Waals surface area contributed by atoms with Gasteiger partial charge in [-0.1, -0.05) is 17.7 Å². The molecule has 2 heterocycles. The lowest BCUT2D eigenvalue weighted by molar-refractivity contribution is 0.368. The number of piperidine rings is 1. The summed E-state index contributed by atoms with van der Waals surface area (Å²) in [6.45, 7) is 6.50. The fourth-order valence-electron chi connectivity index (χ4n) is 3.19. The molecule has 2 aromatic rings. The van der Waals surface area contributed by atoms with Crippen LogP contribution in [0.4, 0.5) is 5.69 Å². The van der Waals surface area contributed by atoms with Crippen molar-refractivity contribution in [1.82, 2.24) is 20.1 Å². The molecular weight excluding hydrogens is 274 g/mol. The molecule has 0 bridgehead atoms. The average molecular weight is 299 g/mol. The molecule has 5 nitrogen and oxygen atoms in total. The average Bonchev–Trinajstić information content (AvgIpc) is 2.95. The third-order valence-corrected chi connectivity index (χ3v) is 4.51. The molecule has 0 unspecified atom stereocenters. The van der Waals surface area contributed by atoms with Crippen LogP contribution in [0.2, 0.25) is 0 Å². The van der Waals surface area contributed by atoms with Gasteiger partial charge in [-0.3, -0.25) is 4.68 Å². The summed E-state index contributed by atoms with van der Waals surface area (Å²) >= 11 is 0. The lowest BCUT2D eigenvalue weighted by Crippen LogP contribution is -2.43. The van der Waals surface area contributed by atoms with E-state index in [0.717, 1.165) is 31.8 Å². The number of aryl methyl sites for hydroxylation is 2. The fourth-order valence-corrected chi connectivity index (χ4v) is 3.19. The van der Waals surface area contributed by atoms with Crippen LogP contribution in [-0.2, 0) is 7.05 Å². The highest BCUT2D eigenvalue weighted by molar-refractivity contribution is 5.47. The Labute approximate surface area is 132 Å². The lowest BCUT2D eigenvalue weighted by atomic mass is 10.0. The monoisotopic (exact) mass is 299 g/mol. The first-order valence-electron chi connectivity index (χ1n) is 8.05. The smallest absolute Gasteiger partial charge is 0.143 e. The van der Waals surface area contributed by atoms with Gasteiger partial charge in [0.2, 0.25) is 0 Å².